The van der Waals surface area contributed by atoms with Gasteiger partial charge in [-0.25, -0.2) is 0 Å². The Bertz CT molecular complexity index is 793. The lowest BCUT2D eigenvalue weighted by Crippen LogP contribution is -2.54. The van der Waals surface area contributed by atoms with Gasteiger partial charge in [0.05, 0.1) is 17.7 Å². The zero-order chi connectivity index (χ0) is 18.1. The van der Waals surface area contributed by atoms with Gasteiger partial charge in [0.1, 0.15) is 0 Å². The van der Waals surface area contributed by atoms with E-state index < -0.39 is 0 Å². The Morgan fingerprint density at radius 2 is 2.00 bits per heavy atom. The summed E-state index contributed by atoms with van der Waals surface area (Å²) in [5, 5.41) is 0.943. The number of carbonyl (C=O) groups is 1. The molecule has 1 atom stereocenters. The normalized spacial score (nSPS) is 23.0. The van der Waals surface area contributed by atoms with Gasteiger partial charge in [-0.2, -0.15) is 0 Å². The molecule has 1 amide bonds. The molecule has 1 aromatic carbocycles. The molecule has 1 spiro atoms. The zero-order valence-electron chi connectivity index (χ0n) is 15.6. The summed E-state index contributed by atoms with van der Waals surface area (Å²) < 4.78 is 5.38. The molecule has 26 heavy (non-hydrogen) atoms. The number of rotatable bonds is 3. The van der Waals surface area contributed by atoms with Gasteiger partial charge in [-0.15, -0.1) is 0 Å². The summed E-state index contributed by atoms with van der Waals surface area (Å²) >= 11 is 0. The van der Waals surface area contributed by atoms with Crippen molar-refractivity contribution in [2.24, 2.45) is 0 Å². The molecule has 0 saturated carbocycles. The number of benzene rings is 1. The second kappa shape index (κ2) is 6.97. The Labute approximate surface area is 154 Å². The number of aromatic nitrogens is 1. The molecule has 0 N–H and O–H groups in total. The highest BCUT2D eigenvalue weighted by Crippen LogP contribution is 2.40. The predicted molar refractivity (Wildman–Crippen MR) is 102 cm³/mol. The van der Waals surface area contributed by atoms with Gasteiger partial charge in [-0.1, -0.05) is 18.2 Å². The highest BCUT2D eigenvalue weighted by Gasteiger charge is 2.46. The fourth-order valence-corrected chi connectivity index (χ4v) is 4.76. The van der Waals surface area contributed by atoms with Crippen LogP contribution in [-0.2, 0) is 4.74 Å². The Kier molecular flexibility index (Phi) is 4.67. The molecule has 4 rings (SSSR count). The second-order valence-electron chi connectivity index (χ2n) is 7.65. The summed E-state index contributed by atoms with van der Waals surface area (Å²) in [5.74, 6) is 0.132. The first kappa shape index (κ1) is 17.4. The average molecular weight is 353 g/mol. The molecule has 2 saturated heterocycles. The van der Waals surface area contributed by atoms with Crippen LogP contribution in [0.4, 0.5) is 0 Å². The Morgan fingerprint density at radius 3 is 2.77 bits per heavy atom. The van der Waals surface area contributed by atoms with Crippen molar-refractivity contribution in [2.75, 3.05) is 33.9 Å². The standard InChI is InChI=1S/C21H27N3O2/c1-23-16(15-26-2)7-9-21(23)10-13-24(14-11-21)20(25)18-8-12-22-19-6-4-3-5-17(18)19/h3-6,8,12,16H,7,9-11,13-15H2,1-2H3/t16-/m1/s1. The van der Waals surface area contributed by atoms with Crippen LogP contribution >= 0.6 is 0 Å². The van der Waals surface area contributed by atoms with Gasteiger partial charge >= 0.3 is 0 Å². The Hall–Kier alpha value is -1.98. The minimum atomic E-state index is 0.132. The van der Waals surface area contributed by atoms with Crippen LogP contribution in [0.3, 0.4) is 0 Å². The molecule has 2 fully saturated rings. The summed E-state index contributed by atoms with van der Waals surface area (Å²) in [6.07, 6.45) is 6.21. The van der Waals surface area contributed by atoms with Crippen molar-refractivity contribution in [1.82, 2.24) is 14.8 Å². The maximum Gasteiger partial charge on any atom is 0.254 e. The van der Waals surface area contributed by atoms with Crippen LogP contribution in [0.25, 0.3) is 10.9 Å². The van der Waals surface area contributed by atoms with E-state index in [4.69, 9.17) is 4.74 Å². The quantitative estimate of drug-likeness (QED) is 0.851. The van der Waals surface area contributed by atoms with Crippen LogP contribution in [0.2, 0.25) is 0 Å². The largest absolute Gasteiger partial charge is 0.383 e. The molecular weight excluding hydrogens is 326 g/mol. The fraction of sp³-hybridized carbons (Fsp3) is 0.524. The second-order valence-corrected chi connectivity index (χ2v) is 7.65. The molecule has 138 valence electrons. The van der Waals surface area contributed by atoms with E-state index in [1.54, 1.807) is 13.3 Å². The minimum Gasteiger partial charge on any atom is -0.383 e. The van der Waals surface area contributed by atoms with E-state index in [1.165, 1.54) is 12.8 Å². The van der Waals surface area contributed by atoms with Crippen LogP contribution in [-0.4, -0.2) is 66.1 Å². The minimum absolute atomic E-state index is 0.132. The van der Waals surface area contributed by atoms with Crippen molar-refractivity contribution in [3.8, 4) is 0 Å². The van der Waals surface area contributed by atoms with Crippen LogP contribution in [0.15, 0.2) is 36.5 Å². The zero-order valence-corrected chi connectivity index (χ0v) is 15.6. The lowest BCUT2D eigenvalue weighted by molar-refractivity contribution is 0.0274. The van der Waals surface area contributed by atoms with Gasteiger partial charge in [0, 0.05) is 43.4 Å². The van der Waals surface area contributed by atoms with E-state index in [0.717, 1.165) is 49.0 Å². The molecule has 2 aliphatic rings. The summed E-state index contributed by atoms with van der Waals surface area (Å²) in [7, 11) is 4.00. The van der Waals surface area contributed by atoms with Crippen LogP contribution in [0, 0.1) is 0 Å². The number of nitrogens with zero attached hydrogens (tertiary/aromatic N) is 3. The number of ether oxygens (including phenoxy) is 1. The maximum atomic E-state index is 13.1. The molecule has 1 aromatic heterocycles. The van der Waals surface area contributed by atoms with E-state index in [0.29, 0.717) is 6.04 Å². The number of carbonyl (C=O) groups excluding carboxylic acids is 1. The van der Waals surface area contributed by atoms with Crippen molar-refractivity contribution in [3.63, 3.8) is 0 Å². The molecule has 0 bridgehead atoms. The third-order valence-electron chi connectivity index (χ3n) is 6.46. The monoisotopic (exact) mass is 353 g/mol. The van der Waals surface area contributed by atoms with E-state index in [-0.39, 0.29) is 11.4 Å². The molecule has 5 heteroatoms. The van der Waals surface area contributed by atoms with Gasteiger partial charge in [0.15, 0.2) is 0 Å². The van der Waals surface area contributed by atoms with Crippen molar-refractivity contribution in [1.29, 1.82) is 0 Å². The number of pyridine rings is 1. The first-order valence-corrected chi connectivity index (χ1v) is 9.49. The van der Waals surface area contributed by atoms with Gasteiger partial charge in [-0.05, 0) is 44.9 Å². The van der Waals surface area contributed by atoms with E-state index >= 15 is 0 Å². The van der Waals surface area contributed by atoms with Crippen LogP contribution < -0.4 is 0 Å². The molecular formula is C21H27N3O2. The van der Waals surface area contributed by atoms with Gasteiger partial charge in [0.2, 0.25) is 0 Å². The number of likely N-dealkylation sites (N-methyl/N-ethyl adjacent to an activating group) is 1. The van der Waals surface area contributed by atoms with E-state index in [1.807, 2.05) is 35.2 Å². The molecule has 0 aliphatic carbocycles. The molecule has 2 aliphatic heterocycles. The van der Waals surface area contributed by atoms with Crippen LogP contribution in [0.1, 0.15) is 36.0 Å². The molecule has 2 aromatic rings. The fourth-order valence-electron chi connectivity index (χ4n) is 4.76. The highest BCUT2D eigenvalue weighted by molar-refractivity contribution is 6.06. The maximum absolute atomic E-state index is 13.1. The van der Waals surface area contributed by atoms with Gasteiger partial charge in [0.25, 0.3) is 5.91 Å². The SMILES string of the molecule is COC[C@H]1CCC2(CCN(C(=O)c3ccnc4ccccc34)CC2)N1C. The lowest BCUT2D eigenvalue weighted by atomic mass is 9.85. The van der Waals surface area contributed by atoms with Crippen molar-refractivity contribution >= 4 is 16.8 Å². The van der Waals surface area contributed by atoms with Crippen molar-refractivity contribution in [3.05, 3.63) is 42.1 Å². The first-order valence-electron chi connectivity index (χ1n) is 9.49. The number of methoxy groups -OCH3 is 1. The number of likely N-dealkylation sites (tertiary alicyclic amines) is 2. The Balaban J connectivity index is 1.49. The topological polar surface area (TPSA) is 45.7 Å². The number of hydrogen-bond donors (Lipinski definition) is 0. The number of hydrogen-bond acceptors (Lipinski definition) is 4. The number of fused-ring (bicyclic) bond motifs is 1. The highest BCUT2D eigenvalue weighted by atomic mass is 16.5. The Morgan fingerprint density at radius 1 is 1.23 bits per heavy atom. The predicted octanol–water partition coefficient (Wildman–Crippen LogP) is 2.95. The van der Waals surface area contributed by atoms with Crippen molar-refractivity contribution in [2.45, 2.75) is 37.3 Å². The third-order valence-corrected chi connectivity index (χ3v) is 6.46. The molecule has 3 heterocycles. The summed E-state index contributed by atoms with van der Waals surface area (Å²) in [4.78, 5) is 22.0. The number of piperidine rings is 1. The smallest absolute Gasteiger partial charge is 0.254 e. The van der Waals surface area contributed by atoms with E-state index in [2.05, 4.69) is 16.9 Å². The number of para-hydroxylation sites is 1. The molecule has 0 unspecified atom stereocenters. The average Bonchev–Trinajstić information content (AvgIpc) is 2.98. The third kappa shape index (κ3) is 2.89. The number of amides is 1. The van der Waals surface area contributed by atoms with Gasteiger partial charge < -0.3 is 9.64 Å². The molecule has 0 radical (unpaired) electrons. The van der Waals surface area contributed by atoms with Crippen molar-refractivity contribution < 1.29 is 9.53 Å². The summed E-state index contributed by atoms with van der Waals surface area (Å²) in [6.45, 7) is 2.43. The lowest BCUT2D eigenvalue weighted by Gasteiger charge is -2.45. The van der Waals surface area contributed by atoms with Gasteiger partial charge in [-0.3, -0.25) is 14.7 Å². The first-order chi connectivity index (χ1) is 12.6. The summed E-state index contributed by atoms with van der Waals surface area (Å²) in [5.41, 5.74) is 1.88. The summed E-state index contributed by atoms with van der Waals surface area (Å²) in [6, 6.07) is 10.2. The van der Waals surface area contributed by atoms with E-state index in [9.17, 15) is 4.79 Å². The molecule has 5 nitrogen and oxygen atoms in total. The van der Waals surface area contributed by atoms with Crippen LogP contribution in [0.5, 0.6) is 0 Å².